The number of aliphatic hydroxyl groups excluding tert-OH is 1. The Morgan fingerprint density at radius 2 is 1.97 bits per heavy atom. The second-order valence-electron chi connectivity index (χ2n) is 9.58. The van der Waals surface area contributed by atoms with Crippen LogP contribution in [-0.4, -0.2) is 50.8 Å². The van der Waals surface area contributed by atoms with E-state index in [-0.39, 0.29) is 13.0 Å². The Morgan fingerprint density at radius 3 is 2.61 bits per heavy atom. The molecule has 0 saturated carbocycles. The molecule has 1 fully saturated rings. The Balaban J connectivity index is 1.55. The number of nitrogens with zero attached hydrogens (tertiary/aromatic N) is 4. The van der Waals surface area contributed by atoms with Crippen LogP contribution in [-0.2, 0) is 10.6 Å². The van der Waals surface area contributed by atoms with E-state index < -0.39 is 23.3 Å². The number of aryl methyl sites for hydroxylation is 1. The summed E-state index contributed by atoms with van der Waals surface area (Å²) in [6, 6.07) is 11.3. The van der Waals surface area contributed by atoms with Crippen LogP contribution in [0.25, 0.3) is 11.8 Å². The molecule has 1 N–H and O–H groups in total. The Morgan fingerprint density at radius 1 is 1.22 bits per heavy atom. The highest BCUT2D eigenvalue weighted by atomic mass is 19.1. The number of aromatic nitrogens is 2. The number of alkyl halides is 1. The van der Waals surface area contributed by atoms with Crippen molar-refractivity contribution in [2.24, 2.45) is 5.16 Å². The first-order valence-electron chi connectivity index (χ1n) is 11.7. The highest BCUT2D eigenvalue weighted by Crippen LogP contribution is 2.45. The molecular formula is C27H28F2N4O3. The summed E-state index contributed by atoms with van der Waals surface area (Å²) in [6.45, 7) is 4.93. The van der Waals surface area contributed by atoms with Gasteiger partial charge in [-0.05, 0) is 68.8 Å². The predicted octanol–water partition coefficient (Wildman–Crippen LogP) is 4.72. The number of ether oxygens (including phenoxy) is 1. The van der Waals surface area contributed by atoms with E-state index in [0.717, 1.165) is 16.9 Å². The molecule has 7 nitrogen and oxygen atoms in total. The van der Waals surface area contributed by atoms with Gasteiger partial charge in [-0.1, -0.05) is 11.2 Å². The smallest absolute Gasteiger partial charge is 0.263 e. The van der Waals surface area contributed by atoms with Crippen LogP contribution in [0.15, 0.2) is 65.7 Å². The molecule has 2 aliphatic rings. The van der Waals surface area contributed by atoms with E-state index in [9.17, 15) is 9.50 Å². The fraction of sp³-hybridized carbons (Fsp3) is 0.333. The molecule has 0 spiro atoms. The molecule has 0 aliphatic carbocycles. The first-order chi connectivity index (χ1) is 17.1. The quantitative estimate of drug-likeness (QED) is 0.556. The molecule has 3 unspecified atom stereocenters. The van der Waals surface area contributed by atoms with Crippen LogP contribution in [0.3, 0.4) is 0 Å². The summed E-state index contributed by atoms with van der Waals surface area (Å²) in [4.78, 5) is 11.8. The third-order valence-electron chi connectivity index (χ3n) is 6.62. The van der Waals surface area contributed by atoms with Gasteiger partial charge in [0.15, 0.2) is 5.84 Å². The number of rotatable bonds is 5. The van der Waals surface area contributed by atoms with Crippen LogP contribution >= 0.6 is 0 Å². The average Bonchev–Trinajstić information content (AvgIpc) is 3.43. The topological polar surface area (TPSA) is 72.1 Å². The van der Waals surface area contributed by atoms with Crippen molar-refractivity contribution in [3.05, 3.63) is 83.2 Å². The van der Waals surface area contributed by atoms with Crippen molar-refractivity contribution in [2.75, 3.05) is 13.7 Å². The first kappa shape index (κ1) is 24.0. The van der Waals surface area contributed by atoms with E-state index in [1.165, 1.54) is 31.2 Å². The van der Waals surface area contributed by atoms with Crippen molar-refractivity contribution in [1.29, 1.82) is 0 Å². The van der Waals surface area contributed by atoms with Crippen molar-refractivity contribution in [3.63, 3.8) is 0 Å². The monoisotopic (exact) mass is 494 g/mol. The van der Waals surface area contributed by atoms with Gasteiger partial charge in [0.05, 0.1) is 31.4 Å². The van der Waals surface area contributed by atoms with Crippen molar-refractivity contribution >= 4 is 11.9 Å². The minimum absolute atomic E-state index is 0.0479. The molecule has 3 heterocycles. The molecule has 5 rings (SSSR count). The van der Waals surface area contributed by atoms with Gasteiger partial charge in [0.2, 0.25) is 0 Å². The van der Waals surface area contributed by atoms with Crippen molar-refractivity contribution in [2.45, 2.75) is 44.7 Å². The summed E-state index contributed by atoms with van der Waals surface area (Å²) >= 11 is 0. The third-order valence-corrected chi connectivity index (χ3v) is 6.62. The number of oxime groups is 1. The highest BCUT2D eigenvalue weighted by Gasteiger charge is 2.56. The number of hydrogen-bond donors (Lipinski definition) is 1. The molecule has 36 heavy (non-hydrogen) atoms. The number of methoxy groups -OCH3 is 1. The number of piperidine rings is 1. The minimum atomic E-state index is -1.63. The van der Waals surface area contributed by atoms with E-state index >= 15 is 4.39 Å². The van der Waals surface area contributed by atoms with Crippen LogP contribution in [0.1, 0.15) is 37.1 Å². The molecule has 0 amide bonds. The first-order valence-corrected chi connectivity index (χ1v) is 11.7. The lowest BCUT2D eigenvalue weighted by molar-refractivity contribution is -0.180. The lowest BCUT2D eigenvalue weighted by Gasteiger charge is -2.45. The van der Waals surface area contributed by atoms with Gasteiger partial charge < -0.3 is 24.1 Å². The number of imidazole rings is 1. The summed E-state index contributed by atoms with van der Waals surface area (Å²) in [5, 5.41) is 15.1. The molecule has 2 aromatic carbocycles. The van der Waals surface area contributed by atoms with Crippen molar-refractivity contribution in [3.8, 4) is 11.4 Å². The summed E-state index contributed by atoms with van der Waals surface area (Å²) in [5.74, 6) is 0.645. The summed E-state index contributed by atoms with van der Waals surface area (Å²) in [7, 11) is 1.59. The lowest BCUT2D eigenvalue weighted by Crippen LogP contribution is -2.59. The van der Waals surface area contributed by atoms with E-state index in [0.29, 0.717) is 22.7 Å². The predicted molar refractivity (Wildman–Crippen MR) is 132 cm³/mol. The zero-order valence-corrected chi connectivity index (χ0v) is 20.6. The number of amidine groups is 1. The van der Waals surface area contributed by atoms with Crippen LogP contribution in [0.5, 0.6) is 5.75 Å². The number of halogens is 2. The summed E-state index contributed by atoms with van der Waals surface area (Å²) in [6.07, 6.45) is 4.49. The van der Waals surface area contributed by atoms with Gasteiger partial charge in [-0.25, -0.2) is 13.8 Å². The van der Waals surface area contributed by atoms with Gasteiger partial charge in [-0.3, -0.25) is 0 Å². The zero-order chi connectivity index (χ0) is 25.7. The summed E-state index contributed by atoms with van der Waals surface area (Å²) < 4.78 is 36.8. The Labute approximate surface area is 208 Å². The van der Waals surface area contributed by atoms with Crippen molar-refractivity contribution in [1.82, 2.24) is 14.5 Å². The fourth-order valence-corrected chi connectivity index (χ4v) is 4.96. The van der Waals surface area contributed by atoms with Crippen LogP contribution < -0.4 is 4.74 Å². The Bertz CT molecular complexity index is 1350. The van der Waals surface area contributed by atoms with E-state index in [1.807, 2.05) is 42.0 Å². The Hall–Kier alpha value is -3.72. The third kappa shape index (κ3) is 4.03. The van der Waals surface area contributed by atoms with Gasteiger partial charge in [-0.15, -0.1) is 0 Å². The highest BCUT2D eigenvalue weighted by molar-refractivity contribution is 6.04. The number of benzene rings is 2. The largest absolute Gasteiger partial charge is 0.495 e. The fourth-order valence-electron chi connectivity index (χ4n) is 4.96. The summed E-state index contributed by atoms with van der Waals surface area (Å²) in [5.41, 5.74) is 0.495. The van der Waals surface area contributed by atoms with Gasteiger partial charge in [0.1, 0.15) is 23.3 Å². The van der Waals surface area contributed by atoms with Crippen molar-refractivity contribution < 1.29 is 23.5 Å². The maximum atomic E-state index is 15.7. The van der Waals surface area contributed by atoms with Gasteiger partial charge in [0.25, 0.3) is 5.72 Å². The van der Waals surface area contributed by atoms with Crippen LogP contribution in [0, 0.1) is 12.7 Å². The SMILES string of the molecule is COc1cc(C=C2CC(C)(F)CN3C2=NOC3(c2ccc(F)cc2)C(C)O)ccc1-n1cnc(C)c1. The molecule has 2 aliphatic heterocycles. The molecule has 1 aromatic heterocycles. The standard InChI is InChI=1S/C27H28F2N4O3/c1-17-14-32(16-30-17)23-10-5-19(12-24(23)35-4)11-20-13-26(3,29)15-33-25(20)31-36-27(33,18(2)34)21-6-8-22(28)9-7-21/h5-12,14,16,18,34H,13,15H2,1-4H3. The van der Waals surface area contributed by atoms with Gasteiger partial charge >= 0.3 is 0 Å². The number of fused-ring (bicyclic) bond motifs is 1. The second kappa shape index (κ2) is 8.74. The normalized spacial score (nSPS) is 25.4. The van der Waals surface area contributed by atoms with E-state index in [1.54, 1.807) is 25.3 Å². The van der Waals surface area contributed by atoms with Crippen LogP contribution in [0.2, 0.25) is 0 Å². The van der Waals surface area contributed by atoms with Crippen LogP contribution in [0.4, 0.5) is 8.78 Å². The van der Waals surface area contributed by atoms with Gasteiger partial charge in [0, 0.05) is 23.8 Å². The number of aliphatic hydroxyl groups is 1. The molecule has 188 valence electrons. The molecule has 3 atom stereocenters. The molecule has 9 heteroatoms. The molecule has 0 bridgehead atoms. The lowest BCUT2D eigenvalue weighted by atomic mass is 9.86. The van der Waals surface area contributed by atoms with E-state index in [2.05, 4.69) is 10.1 Å². The zero-order valence-electron chi connectivity index (χ0n) is 20.6. The minimum Gasteiger partial charge on any atom is -0.495 e. The van der Waals surface area contributed by atoms with E-state index in [4.69, 9.17) is 9.57 Å². The maximum Gasteiger partial charge on any atom is 0.263 e. The molecular weight excluding hydrogens is 466 g/mol. The van der Waals surface area contributed by atoms with Gasteiger partial charge in [-0.2, -0.15) is 0 Å². The number of hydrogen-bond acceptors (Lipinski definition) is 6. The average molecular weight is 495 g/mol. The molecule has 1 saturated heterocycles. The second-order valence-corrected chi connectivity index (χ2v) is 9.58. The Kier molecular flexibility index (Phi) is 5.83. The maximum absolute atomic E-state index is 15.7. The molecule has 0 radical (unpaired) electrons. The molecule has 3 aromatic rings.